The molecule has 0 radical (unpaired) electrons. The molecule has 0 aliphatic rings. The van der Waals surface area contributed by atoms with E-state index in [4.69, 9.17) is 17.0 Å². The highest BCUT2D eigenvalue weighted by Crippen LogP contribution is 2.17. The van der Waals surface area contributed by atoms with Gasteiger partial charge in [-0.05, 0) is 59.4 Å². The first-order valence-electron chi connectivity index (χ1n) is 6.18. The number of H-pyrrole nitrogens is 1. The Morgan fingerprint density at radius 2 is 2.22 bits per heavy atom. The third-order valence-electron chi connectivity index (χ3n) is 2.84. The summed E-state index contributed by atoms with van der Waals surface area (Å²) in [5, 5.41) is 0. The minimum atomic E-state index is 0.716. The number of fused-ring (bicyclic) bond motifs is 1. The third-order valence-corrected chi connectivity index (χ3v) is 3.83. The molecule has 1 N–H and O–H groups in total. The second kappa shape index (κ2) is 6.68. The van der Waals surface area contributed by atoms with Gasteiger partial charge in [-0.1, -0.05) is 13.3 Å². The number of unbranched alkanes of at least 4 members (excludes halogenated alkanes) is 1. The molecule has 0 amide bonds. The molecule has 2 aromatic rings. The second-order valence-corrected chi connectivity index (χ2v) is 5.84. The van der Waals surface area contributed by atoms with E-state index >= 15 is 0 Å². The van der Waals surface area contributed by atoms with Gasteiger partial charge in [-0.3, -0.25) is 0 Å². The van der Waals surface area contributed by atoms with Gasteiger partial charge in [-0.25, -0.2) is 0 Å². The topological polar surface area (TPSA) is 29.9 Å². The summed E-state index contributed by atoms with van der Waals surface area (Å²) in [7, 11) is 0. The minimum Gasteiger partial charge on any atom is -0.380 e. The quantitative estimate of drug-likeness (QED) is 0.467. The van der Waals surface area contributed by atoms with E-state index in [1.165, 1.54) is 9.99 Å². The predicted octanol–water partition coefficient (Wildman–Crippen LogP) is 4.12. The summed E-state index contributed by atoms with van der Waals surface area (Å²) in [5.41, 5.74) is 2.25. The van der Waals surface area contributed by atoms with Crippen LogP contribution < -0.4 is 0 Å². The molecule has 0 aliphatic heterocycles. The number of ether oxygens (including phenoxy) is 1. The predicted molar refractivity (Wildman–Crippen MR) is 85.6 cm³/mol. The summed E-state index contributed by atoms with van der Waals surface area (Å²) in [4.78, 5) is 3.24. The van der Waals surface area contributed by atoms with Crippen LogP contribution in [0.4, 0.5) is 0 Å². The first-order chi connectivity index (χ1) is 8.72. The summed E-state index contributed by atoms with van der Waals surface area (Å²) in [6.45, 7) is 4.53. The molecule has 0 saturated carbocycles. The van der Waals surface area contributed by atoms with E-state index < -0.39 is 0 Å². The lowest BCUT2D eigenvalue weighted by molar-refractivity contribution is 0.124. The maximum Gasteiger partial charge on any atom is 0.178 e. The highest BCUT2D eigenvalue weighted by molar-refractivity contribution is 14.1. The van der Waals surface area contributed by atoms with Crippen molar-refractivity contribution in [2.75, 3.05) is 13.2 Å². The molecule has 5 heteroatoms. The van der Waals surface area contributed by atoms with Crippen molar-refractivity contribution in [1.82, 2.24) is 9.55 Å². The molecule has 1 heterocycles. The van der Waals surface area contributed by atoms with Crippen LogP contribution in [-0.2, 0) is 11.3 Å². The monoisotopic (exact) mass is 376 g/mol. The van der Waals surface area contributed by atoms with E-state index in [0.717, 1.165) is 35.4 Å². The summed E-state index contributed by atoms with van der Waals surface area (Å²) in [5.74, 6) is 0. The van der Waals surface area contributed by atoms with E-state index in [2.05, 4.69) is 57.3 Å². The molecule has 3 nitrogen and oxygen atoms in total. The molecule has 1 aromatic carbocycles. The van der Waals surface area contributed by atoms with Gasteiger partial charge in [0.1, 0.15) is 0 Å². The highest BCUT2D eigenvalue weighted by atomic mass is 127. The van der Waals surface area contributed by atoms with Crippen LogP contribution in [0.5, 0.6) is 0 Å². The van der Waals surface area contributed by atoms with Crippen molar-refractivity contribution in [3.05, 3.63) is 26.5 Å². The van der Waals surface area contributed by atoms with E-state index in [-0.39, 0.29) is 0 Å². The zero-order valence-corrected chi connectivity index (χ0v) is 13.4. The van der Waals surface area contributed by atoms with Gasteiger partial charge in [-0.15, -0.1) is 0 Å². The lowest BCUT2D eigenvalue weighted by atomic mass is 10.3. The average Bonchev–Trinajstić information content (AvgIpc) is 2.64. The van der Waals surface area contributed by atoms with Gasteiger partial charge in [0.05, 0.1) is 17.6 Å². The van der Waals surface area contributed by atoms with Crippen LogP contribution in [0.1, 0.15) is 19.8 Å². The van der Waals surface area contributed by atoms with E-state index in [1.54, 1.807) is 0 Å². The molecule has 2 rings (SSSR count). The smallest absolute Gasteiger partial charge is 0.178 e. The van der Waals surface area contributed by atoms with Gasteiger partial charge in [0.15, 0.2) is 4.77 Å². The zero-order chi connectivity index (χ0) is 13.0. The standard InChI is InChI=1S/C13H17IN2OS/c1-2-3-7-17-8-6-16-12-5-4-10(14)9-11(12)15-13(16)18/h4-5,9H,2-3,6-8H2,1H3,(H,15,18). The van der Waals surface area contributed by atoms with Gasteiger partial charge in [0.2, 0.25) is 0 Å². The van der Waals surface area contributed by atoms with Crippen molar-refractivity contribution in [3.63, 3.8) is 0 Å². The largest absolute Gasteiger partial charge is 0.380 e. The van der Waals surface area contributed by atoms with E-state index in [0.29, 0.717) is 6.61 Å². The first-order valence-corrected chi connectivity index (χ1v) is 7.67. The number of rotatable bonds is 6. The van der Waals surface area contributed by atoms with Gasteiger partial charge >= 0.3 is 0 Å². The fourth-order valence-corrected chi connectivity index (χ4v) is 2.65. The maximum atomic E-state index is 5.59. The first kappa shape index (κ1) is 14.0. The Labute approximate surface area is 126 Å². The van der Waals surface area contributed by atoms with Crippen molar-refractivity contribution in [1.29, 1.82) is 0 Å². The molecule has 0 bridgehead atoms. The second-order valence-electron chi connectivity index (χ2n) is 4.21. The zero-order valence-electron chi connectivity index (χ0n) is 10.4. The van der Waals surface area contributed by atoms with Crippen molar-refractivity contribution in [3.8, 4) is 0 Å². The molecule has 1 aromatic heterocycles. The fraction of sp³-hybridized carbons (Fsp3) is 0.462. The number of imidazole rings is 1. The number of nitrogens with zero attached hydrogens (tertiary/aromatic N) is 1. The van der Waals surface area contributed by atoms with Crippen LogP contribution in [0.3, 0.4) is 0 Å². The van der Waals surface area contributed by atoms with Gasteiger partial charge in [0, 0.05) is 16.7 Å². The minimum absolute atomic E-state index is 0.716. The lowest BCUT2D eigenvalue weighted by Gasteiger charge is -2.05. The molecule has 98 valence electrons. The number of halogens is 1. The van der Waals surface area contributed by atoms with Crippen LogP contribution in [0, 0.1) is 8.34 Å². The molecule has 0 saturated heterocycles. The number of aromatic amines is 1. The molecule has 0 unspecified atom stereocenters. The average molecular weight is 376 g/mol. The van der Waals surface area contributed by atoms with Crippen molar-refractivity contribution in [2.24, 2.45) is 0 Å². The summed E-state index contributed by atoms with van der Waals surface area (Å²) < 4.78 is 9.68. The van der Waals surface area contributed by atoms with Crippen molar-refractivity contribution in [2.45, 2.75) is 26.3 Å². The molecular formula is C13H17IN2OS. The maximum absolute atomic E-state index is 5.59. The lowest BCUT2D eigenvalue weighted by Crippen LogP contribution is -2.06. The van der Waals surface area contributed by atoms with Crippen molar-refractivity contribution >= 4 is 45.8 Å². The molecule has 18 heavy (non-hydrogen) atoms. The van der Waals surface area contributed by atoms with Crippen LogP contribution in [0.2, 0.25) is 0 Å². The number of hydrogen-bond donors (Lipinski definition) is 1. The van der Waals surface area contributed by atoms with Gasteiger partial charge < -0.3 is 14.3 Å². The van der Waals surface area contributed by atoms with Crippen LogP contribution in [0.25, 0.3) is 11.0 Å². The van der Waals surface area contributed by atoms with Crippen molar-refractivity contribution < 1.29 is 4.74 Å². The highest BCUT2D eigenvalue weighted by Gasteiger charge is 2.04. The van der Waals surface area contributed by atoms with Crippen LogP contribution >= 0.6 is 34.8 Å². The molecule has 0 atom stereocenters. The fourth-order valence-electron chi connectivity index (χ4n) is 1.86. The van der Waals surface area contributed by atoms with E-state index in [9.17, 15) is 0 Å². The van der Waals surface area contributed by atoms with E-state index in [1.807, 2.05) is 0 Å². The summed E-state index contributed by atoms with van der Waals surface area (Å²) >= 11 is 7.65. The SMILES string of the molecule is CCCCOCCn1c(=S)[nH]c2cc(I)ccc21. The Morgan fingerprint density at radius 1 is 1.39 bits per heavy atom. The molecular weight excluding hydrogens is 359 g/mol. The van der Waals surface area contributed by atoms with Crippen LogP contribution in [0.15, 0.2) is 18.2 Å². The Kier molecular flexibility index (Phi) is 5.20. The van der Waals surface area contributed by atoms with Gasteiger partial charge in [0.25, 0.3) is 0 Å². The molecule has 0 fully saturated rings. The Morgan fingerprint density at radius 3 is 3.00 bits per heavy atom. The van der Waals surface area contributed by atoms with Gasteiger partial charge in [-0.2, -0.15) is 0 Å². The normalized spacial score (nSPS) is 11.2. The van der Waals surface area contributed by atoms with Crippen LogP contribution in [-0.4, -0.2) is 22.8 Å². The Balaban J connectivity index is 2.08. The Bertz CT molecular complexity index is 576. The molecule has 0 spiro atoms. The summed E-state index contributed by atoms with van der Waals surface area (Å²) in [6.07, 6.45) is 2.29. The Hall–Kier alpha value is -0.400. The number of aromatic nitrogens is 2. The summed E-state index contributed by atoms with van der Waals surface area (Å²) in [6, 6.07) is 6.32. The number of benzene rings is 1. The molecule has 0 aliphatic carbocycles. The number of hydrogen-bond acceptors (Lipinski definition) is 2. The number of nitrogens with one attached hydrogen (secondary N) is 1. The third kappa shape index (κ3) is 3.33.